The van der Waals surface area contributed by atoms with Gasteiger partial charge in [0.25, 0.3) is 0 Å². The molecule has 2 aromatic rings. The second kappa shape index (κ2) is 5.24. The van der Waals surface area contributed by atoms with Crippen molar-refractivity contribution in [3.8, 4) is 0 Å². The van der Waals surface area contributed by atoms with E-state index >= 15 is 0 Å². The lowest BCUT2D eigenvalue weighted by Gasteiger charge is -2.12. The van der Waals surface area contributed by atoms with Gasteiger partial charge in [-0.25, -0.2) is 4.98 Å². The van der Waals surface area contributed by atoms with E-state index in [4.69, 9.17) is 16.3 Å². The molecule has 1 unspecified atom stereocenters. The smallest absolute Gasteiger partial charge is 0.124 e. The van der Waals surface area contributed by atoms with Crippen molar-refractivity contribution in [2.75, 3.05) is 6.61 Å². The van der Waals surface area contributed by atoms with Gasteiger partial charge in [0.2, 0.25) is 0 Å². The summed E-state index contributed by atoms with van der Waals surface area (Å²) in [5, 5.41) is 0. The third-order valence-electron chi connectivity index (χ3n) is 3.45. The maximum Gasteiger partial charge on any atom is 0.124 e. The fraction of sp³-hybridized carbons (Fsp3) is 0.538. The van der Waals surface area contributed by atoms with Gasteiger partial charge in [-0.3, -0.25) is 4.98 Å². The molecule has 96 valence electrons. The van der Waals surface area contributed by atoms with Gasteiger partial charge in [0.15, 0.2) is 0 Å². The van der Waals surface area contributed by atoms with Crippen molar-refractivity contribution in [3.63, 3.8) is 0 Å². The first kappa shape index (κ1) is 11.9. The van der Waals surface area contributed by atoms with Crippen LogP contribution in [0, 0.1) is 0 Å². The summed E-state index contributed by atoms with van der Waals surface area (Å²) in [4.78, 5) is 8.60. The highest BCUT2D eigenvalue weighted by atomic mass is 35.5. The van der Waals surface area contributed by atoms with Crippen LogP contribution in [-0.4, -0.2) is 27.2 Å². The lowest BCUT2D eigenvalue weighted by Crippen LogP contribution is -2.11. The number of hydrogen-bond acceptors (Lipinski definition) is 3. The molecule has 1 saturated heterocycles. The predicted octanol–water partition coefficient (Wildman–Crippen LogP) is 2.74. The number of rotatable bonds is 4. The van der Waals surface area contributed by atoms with Crippen LogP contribution in [-0.2, 0) is 17.2 Å². The monoisotopic (exact) mass is 265 g/mol. The highest BCUT2D eigenvalue weighted by molar-refractivity contribution is 6.16. The molecule has 18 heavy (non-hydrogen) atoms. The molecule has 1 aliphatic heterocycles. The molecule has 1 aliphatic rings. The third-order valence-corrected chi connectivity index (χ3v) is 3.69. The lowest BCUT2D eigenvalue weighted by atomic mass is 10.2. The van der Waals surface area contributed by atoms with Gasteiger partial charge in [0.05, 0.1) is 23.7 Å². The Labute approximate surface area is 111 Å². The number of aryl methyl sites for hydroxylation is 1. The van der Waals surface area contributed by atoms with E-state index in [1.165, 1.54) is 12.8 Å². The lowest BCUT2D eigenvalue weighted by molar-refractivity contribution is 0.100. The molecule has 5 heteroatoms. The van der Waals surface area contributed by atoms with E-state index in [-0.39, 0.29) is 0 Å². The summed E-state index contributed by atoms with van der Waals surface area (Å²) in [7, 11) is 0. The molecule has 0 N–H and O–H groups in total. The molecule has 0 radical (unpaired) electrons. The molecule has 4 nitrogen and oxygen atoms in total. The molecule has 3 heterocycles. The summed E-state index contributed by atoms with van der Waals surface area (Å²) >= 11 is 5.96. The van der Waals surface area contributed by atoms with Crippen molar-refractivity contribution in [1.82, 2.24) is 14.5 Å². The molecule has 0 aliphatic carbocycles. The molecule has 1 fully saturated rings. The average molecular weight is 266 g/mol. The Balaban J connectivity index is 1.84. The Morgan fingerprint density at radius 1 is 1.50 bits per heavy atom. The molecule has 0 spiro atoms. The summed E-state index contributed by atoms with van der Waals surface area (Å²) in [6.45, 7) is 1.81. The standard InChI is InChI=1S/C13H16ClN3O/c14-8-13-16-11-9-15-5-3-12(11)17(13)6-4-10-2-1-7-18-10/h3,5,9-10H,1-2,4,6-8H2. The number of hydrogen-bond donors (Lipinski definition) is 0. The Morgan fingerprint density at radius 2 is 2.44 bits per heavy atom. The summed E-state index contributed by atoms with van der Waals surface area (Å²) in [6, 6.07) is 1.99. The number of pyridine rings is 1. The van der Waals surface area contributed by atoms with E-state index in [0.29, 0.717) is 12.0 Å². The van der Waals surface area contributed by atoms with E-state index in [2.05, 4.69) is 14.5 Å². The molecule has 0 bridgehead atoms. The van der Waals surface area contributed by atoms with Crippen molar-refractivity contribution in [3.05, 3.63) is 24.3 Å². The van der Waals surface area contributed by atoms with Crippen molar-refractivity contribution in [1.29, 1.82) is 0 Å². The predicted molar refractivity (Wildman–Crippen MR) is 70.7 cm³/mol. The van der Waals surface area contributed by atoms with Crippen LogP contribution in [0.1, 0.15) is 25.1 Å². The van der Waals surface area contributed by atoms with Gasteiger partial charge in [-0.15, -0.1) is 11.6 Å². The second-order valence-electron chi connectivity index (χ2n) is 4.60. The first-order chi connectivity index (χ1) is 8.88. The number of ether oxygens (including phenoxy) is 1. The van der Waals surface area contributed by atoms with Crippen LogP contribution >= 0.6 is 11.6 Å². The van der Waals surface area contributed by atoms with E-state index in [9.17, 15) is 0 Å². The van der Waals surface area contributed by atoms with Crippen LogP contribution in [0.4, 0.5) is 0 Å². The maximum atomic E-state index is 5.96. The van der Waals surface area contributed by atoms with Crippen LogP contribution in [0.2, 0.25) is 0 Å². The zero-order valence-electron chi connectivity index (χ0n) is 10.2. The third kappa shape index (κ3) is 2.22. The second-order valence-corrected chi connectivity index (χ2v) is 4.87. The highest BCUT2D eigenvalue weighted by Crippen LogP contribution is 2.20. The fourth-order valence-electron chi connectivity index (χ4n) is 2.53. The summed E-state index contributed by atoms with van der Waals surface area (Å²) in [6.07, 6.45) is 7.36. The van der Waals surface area contributed by atoms with E-state index in [1.807, 2.05) is 6.07 Å². The van der Waals surface area contributed by atoms with Crippen LogP contribution in [0.25, 0.3) is 11.0 Å². The molecule has 0 amide bonds. The maximum absolute atomic E-state index is 5.96. The van der Waals surface area contributed by atoms with E-state index in [0.717, 1.165) is 36.4 Å². The van der Waals surface area contributed by atoms with Gasteiger partial charge >= 0.3 is 0 Å². The molecule has 0 aromatic carbocycles. The molecular formula is C13H16ClN3O. The minimum Gasteiger partial charge on any atom is -0.378 e. The molecule has 3 rings (SSSR count). The summed E-state index contributed by atoms with van der Waals surface area (Å²) < 4.78 is 7.84. The van der Waals surface area contributed by atoms with Crippen molar-refractivity contribution in [2.45, 2.75) is 37.8 Å². The van der Waals surface area contributed by atoms with Crippen LogP contribution in [0.5, 0.6) is 0 Å². The zero-order chi connectivity index (χ0) is 12.4. The summed E-state index contributed by atoms with van der Waals surface area (Å²) in [5.41, 5.74) is 2.03. The van der Waals surface area contributed by atoms with Gasteiger partial charge in [-0.1, -0.05) is 0 Å². The van der Waals surface area contributed by atoms with Crippen LogP contribution in [0.3, 0.4) is 0 Å². The Bertz CT molecular complexity index is 534. The normalized spacial score (nSPS) is 19.7. The number of halogens is 1. The Morgan fingerprint density at radius 3 is 3.22 bits per heavy atom. The Kier molecular flexibility index (Phi) is 3.48. The quantitative estimate of drug-likeness (QED) is 0.798. The van der Waals surface area contributed by atoms with Gasteiger partial charge in [-0.05, 0) is 25.3 Å². The first-order valence-electron chi connectivity index (χ1n) is 6.35. The number of imidazole rings is 1. The molecule has 1 atom stereocenters. The minimum atomic E-state index is 0.396. The number of aromatic nitrogens is 3. The highest BCUT2D eigenvalue weighted by Gasteiger charge is 2.17. The van der Waals surface area contributed by atoms with Gasteiger partial charge < -0.3 is 9.30 Å². The number of nitrogens with zero attached hydrogens (tertiary/aromatic N) is 3. The van der Waals surface area contributed by atoms with E-state index < -0.39 is 0 Å². The van der Waals surface area contributed by atoms with Gasteiger partial charge in [0.1, 0.15) is 11.3 Å². The van der Waals surface area contributed by atoms with Gasteiger partial charge in [-0.2, -0.15) is 0 Å². The van der Waals surface area contributed by atoms with Crippen molar-refractivity contribution < 1.29 is 4.74 Å². The van der Waals surface area contributed by atoms with Crippen LogP contribution < -0.4 is 0 Å². The Hall–Kier alpha value is -1.13. The first-order valence-corrected chi connectivity index (χ1v) is 6.88. The van der Waals surface area contributed by atoms with Crippen LogP contribution in [0.15, 0.2) is 18.5 Å². The minimum absolute atomic E-state index is 0.396. The van der Waals surface area contributed by atoms with Gasteiger partial charge in [0, 0.05) is 19.3 Å². The molecule has 0 saturated carbocycles. The molecule has 2 aromatic heterocycles. The SMILES string of the molecule is ClCc1nc2cnccc2n1CCC1CCCO1. The largest absolute Gasteiger partial charge is 0.378 e. The topological polar surface area (TPSA) is 39.9 Å². The van der Waals surface area contributed by atoms with E-state index in [1.54, 1.807) is 12.4 Å². The summed E-state index contributed by atoms with van der Waals surface area (Å²) in [5.74, 6) is 1.35. The number of alkyl halides is 1. The zero-order valence-corrected chi connectivity index (χ0v) is 10.9. The molecular weight excluding hydrogens is 250 g/mol. The average Bonchev–Trinajstić information content (AvgIpc) is 3.03. The fourth-order valence-corrected chi connectivity index (χ4v) is 2.73. The van der Waals surface area contributed by atoms with Crippen molar-refractivity contribution >= 4 is 22.6 Å². The van der Waals surface area contributed by atoms with Crippen molar-refractivity contribution in [2.24, 2.45) is 0 Å². The number of fused-ring (bicyclic) bond motifs is 1.